The van der Waals surface area contributed by atoms with E-state index in [0.29, 0.717) is 6.54 Å². The zero-order valence-corrected chi connectivity index (χ0v) is 9.18. The molecule has 0 saturated carbocycles. The van der Waals surface area contributed by atoms with Crippen LogP contribution < -0.4 is 11.1 Å². The Morgan fingerprint density at radius 3 is 3.00 bits per heavy atom. The molecule has 3 N–H and O–H groups in total. The molecule has 2 heterocycles. The lowest BCUT2D eigenvalue weighted by molar-refractivity contribution is 0.0650. The SMILES string of the molecule is C[C@H]1CNCCN1C(=O)c1nccnc1N. The van der Waals surface area contributed by atoms with Crippen LogP contribution in [0.4, 0.5) is 5.82 Å². The highest BCUT2D eigenvalue weighted by atomic mass is 16.2. The summed E-state index contributed by atoms with van der Waals surface area (Å²) in [6.07, 6.45) is 2.96. The summed E-state index contributed by atoms with van der Waals surface area (Å²) in [5.74, 6) is 0.0535. The van der Waals surface area contributed by atoms with Crippen molar-refractivity contribution in [3.05, 3.63) is 18.1 Å². The normalized spacial score (nSPS) is 20.8. The van der Waals surface area contributed by atoms with Gasteiger partial charge in [-0.3, -0.25) is 4.79 Å². The van der Waals surface area contributed by atoms with Gasteiger partial charge in [0.25, 0.3) is 5.91 Å². The summed E-state index contributed by atoms with van der Waals surface area (Å²) in [5, 5.41) is 3.22. The molecule has 1 amide bonds. The molecule has 0 aromatic carbocycles. The van der Waals surface area contributed by atoms with Crippen molar-refractivity contribution in [3.63, 3.8) is 0 Å². The summed E-state index contributed by atoms with van der Waals surface area (Å²) in [7, 11) is 0. The Hall–Kier alpha value is -1.69. The zero-order valence-electron chi connectivity index (χ0n) is 9.18. The Morgan fingerprint density at radius 2 is 2.31 bits per heavy atom. The van der Waals surface area contributed by atoms with E-state index in [9.17, 15) is 4.79 Å². The maximum absolute atomic E-state index is 12.1. The molecule has 16 heavy (non-hydrogen) atoms. The van der Waals surface area contributed by atoms with Crippen LogP contribution >= 0.6 is 0 Å². The topological polar surface area (TPSA) is 84.1 Å². The Morgan fingerprint density at radius 1 is 1.56 bits per heavy atom. The number of hydrogen-bond donors (Lipinski definition) is 2. The molecule has 6 heteroatoms. The quantitative estimate of drug-likeness (QED) is 0.667. The Kier molecular flexibility index (Phi) is 3.00. The summed E-state index contributed by atoms with van der Waals surface area (Å²) in [6, 6.07) is 0.155. The van der Waals surface area contributed by atoms with Gasteiger partial charge >= 0.3 is 0 Å². The number of rotatable bonds is 1. The van der Waals surface area contributed by atoms with Gasteiger partial charge in [-0.05, 0) is 6.92 Å². The highest BCUT2D eigenvalue weighted by molar-refractivity contribution is 5.96. The van der Waals surface area contributed by atoms with Crippen LogP contribution in [-0.2, 0) is 0 Å². The minimum atomic E-state index is -0.139. The molecular formula is C10H15N5O. The van der Waals surface area contributed by atoms with Crippen molar-refractivity contribution in [2.45, 2.75) is 13.0 Å². The number of nitrogens with zero attached hydrogens (tertiary/aromatic N) is 3. The highest BCUT2D eigenvalue weighted by Crippen LogP contribution is 2.11. The third kappa shape index (κ3) is 1.96. The fourth-order valence-corrected chi connectivity index (χ4v) is 1.79. The molecule has 1 aliphatic heterocycles. The van der Waals surface area contributed by atoms with Crippen LogP contribution in [0.3, 0.4) is 0 Å². The molecule has 1 aromatic heterocycles. The maximum Gasteiger partial charge on any atom is 0.276 e. The maximum atomic E-state index is 12.1. The summed E-state index contributed by atoms with van der Waals surface area (Å²) >= 11 is 0. The van der Waals surface area contributed by atoms with E-state index in [4.69, 9.17) is 5.73 Å². The second-order valence-electron chi connectivity index (χ2n) is 3.84. The minimum Gasteiger partial charge on any atom is -0.382 e. The molecule has 2 rings (SSSR count). The van der Waals surface area contributed by atoms with Gasteiger partial charge in [-0.1, -0.05) is 0 Å². The van der Waals surface area contributed by atoms with E-state index in [1.807, 2.05) is 6.92 Å². The molecule has 1 aliphatic rings. The van der Waals surface area contributed by atoms with Gasteiger partial charge < -0.3 is 16.0 Å². The smallest absolute Gasteiger partial charge is 0.276 e. The molecule has 1 atom stereocenters. The van der Waals surface area contributed by atoms with Crippen molar-refractivity contribution in [2.24, 2.45) is 0 Å². The molecule has 0 bridgehead atoms. The van der Waals surface area contributed by atoms with Crippen molar-refractivity contribution in [1.82, 2.24) is 20.2 Å². The molecule has 0 radical (unpaired) electrons. The lowest BCUT2D eigenvalue weighted by Crippen LogP contribution is -2.52. The number of nitrogens with one attached hydrogen (secondary N) is 1. The first-order valence-corrected chi connectivity index (χ1v) is 5.28. The summed E-state index contributed by atoms with van der Waals surface area (Å²) < 4.78 is 0. The molecule has 0 spiro atoms. The number of hydrogen-bond acceptors (Lipinski definition) is 5. The number of carbonyl (C=O) groups excluding carboxylic acids is 1. The second kappa shape index (κ2) is 4.44. The number of amides is 1. The van der Waals surface area contributed by atoms with Gasteiger partial charge in [0.05, 0.1) is 0 Å². The van der Waals surface area contributed by atoms with Crippen molar-refractivity contribution < 1.29 is 4.79 Å². The third-order valence-corrected chi connectivity index (χ3v) is 2.69. The van der Waals surface area contributed by atoms with E-state index in [2.05, 4.69) is 15.3 Å². The zero-order chi connectivity index (χ0) is 11.5. The number of anilines is 1. The van der Waals surface area contributed by atoms with E-state index in [-0.39, 0.29) is 23.5 Å². The molecule has 0 unspecified atom stereocenters. The summed E-state index contributed by atoms with van der Waals surface area (Å²) in [4.78, 5) is 21.8. The lowest BCUT2D eigenvalue weighted by atomic mass is 10.2. The minimum absolute atomic E-state index is 0.139. The van der Waals surface area contributed by atoms with E-state index in [0.717, 1.165) is 13.1 Å². The molecule has 0 aliphatic carbocycles. The monoisotopic (exact) mass is 221 g/mol. The van der Waals surface area contributed by atoms with E-state index >= 15 is 0 Å². The molecule has 1 saturated heterocycles. The van der Waals surface area contributed by atoms with Gasteiger partial charge in [0, 0.05) is 38.1 Å². The fraction of sp³-hybridized carbons (Fsp3) is 0.500. The van der Waals surface area contributed by atoms with Crippen LogP contribution in [0.25, 0.3) is 0 Å². The first-order chi connectivity index (χ1) is 7.70. The van der Waals surface area contributed by atoms with Crippen LogP contribution in [0, 0.1) is 0 Å². The number of aromatic nitrogens is 2. The second-order valence-corrected chi connectivity index (χ2v) is 3.84. The number of carbonyl (C=O) groups is 1. The van der Waals surface area contributed by atoms with Crippen LogP contribution in [0.1, 0.15) is 17.4 Å². The van der Waals surface area contributed by atoms with Gasteiger partial charge in [-0.2, -0.15) is 0 Å². The molecule has 1 fully saturated rings. The van der Waals surface area contributed by atoms with Crippen molar-refractivity contribution in [2.75, 3.05) is 25.4 Å². The van der Waals surface area contributed by atoms with Gasteiger partial charge in [0.2, 0.25) is 0 Å². The van der Waals surface area contributed by atoms with Crippen molar-refractivity contribution >= 4 is 11.7 Å². The van der Waals surface area contributed by atoms with E-state index in [1.54, 1.807) is 4.90 Å². The highest BCUT2D eigenvalue weighted by Gasteiger charge is 2.26. The first kappa shape index (κ1) is 10.8. The number of nitrogen functional groups attached to an aromatic ring is 1. The average molecular weight is 221 g/mol. The average Bonchev–Trinajstić information content (AvgIpc) is 2.29. The number of nitrogens with two attached hydrogens (primary N) is 1. The van der Waals surface area contributed by atoms with Gasteiger partial charge in [-0.15, -0.1) is 0 Å². The lowest BCUT2D eigenvalue weighted by Gasteiger charge is -2.33. The predicted molar refractivity (Wildman–Crippen MR) is 59.8 cm³/mol. The van der Waals surface area contributed by atoms with E-state index < -0.39 is 0 Å². The third-order valence-electron chi connectivity index (χ3n) is 2.69. The Bertz CT molecular complexity index is 395. The Balaban J connectivity index is 2.21. The fourth-order valence-electron chi connectivity index (χ4n) is 1.79. The van der Waals surface area contributed by atoms with Crippen molar-refractivity contribution in [1.29, 1.82) is 0 Å². The van der Waals surface area contributed by atoms with Gasteiger partial charge in [0.15, 0.2) is 11.5 Å². The molecule has 6 nitrogen and oxygen atoms in total. The molecule has 86 valence electrons. The standard InChI is InChI=1S/C10H15N5O/c1-7-6-12-4-5-15(7)10(16)8-9(11)14-3-2-13-8/h2-3,7,12H,4-6H2,1H3,(H2,11,14)/t7-/m0/s1. The number of piperazine rings is 1. The van der Waals surface area contributed by atoms with Crippen LogP contribution in [0.15, 0.2) is 12.4 Å². The summed E-state index contributed by atoms with van der Waals surface area (Å²) in [6.45, 7) is 4.27. The van der Waals surface area contributed by atoms with Crippen LogP contribution in [0.2, 0.25) is 0 Å². The van der Waals surface area contributed by atoms with Crippen LogP contribution in [0.5, 0.6) is 0 Å². The summed E-state index contributed by atoms with van der Waals surface area (Å²) in [5.41, 5.74) is 5.88. The van der Waals surface area contributed by atoms with Gasteiger partial charge in [0.1, 0.15) is 0 Å². The van der Waals surface area contributed by atoms with Crippen molar-refractivity contribution in [3.8, 4) is 0 Å². The largest absolute Gasteiger partial charge is 0.382 e. The molecule has 1 aromatic rings. The molecular weight excluding hydrogens is 206 g/mol. The Labute approximate surface area is 93.9 Å². The first-order valence-electron chi connectivity index (χ1n) is 5.28. The predicted octanol–water partition coefficient (Wildman–Crippen LogP) is -0.507. The van der Waals surface area contributed by atoms with Gasteiger partial charge in [-0.25, -0.2) is 9.97 Å². The van der Waals surface area contributed by atoms with Crippen LogP contribution in [-0.4, -0.2) is 46.5 Å². The van der Waals surface area contributed by atoms with E-state index in [1.165, 1.54) is 12.4 Å².